The minimum absolute atomic E-state index is 0.0335. The number of amides is 1. The summed E-state index contributed by atoms with van der Waals surface area (Å²) in [6, 6.07) is 3.66. The first-order valence-electron chi connectivity index (χ1n) is 8.48. The van der Waals surface area contributed by atoms with Crippen LogP contribution in [0.25, 0.3) is 0 Å². The highest BCUT2D eigenvalue weighted by Gasteiger charge is 2.40. The first-order valence-corrected chi connectivity index (χ1v) is 8.48. The number of likely N-dealkylation sites (tertiary alicyclic amines) is 1. The van der Waals surface area contributed by atoms with Gasteiger partial charge in [0.1, 0.15) is 5.69 Å². The fourth-order valence-electron chi connectivity index (χ4n) is 3.07. The molecule has 3 rings (SSSR count). The predicted octanol–water partition coefficient (Wildman–Crippen LogP) is 1.51. The molecule has 1 aromatic heterocycles. The van der Waals surface area contributed by atoms with Crippen LogP contribution in [0.1, 0.15) is 29.8 Å². The smallest absolute Gasteiger partial charge is 0.272 e. The van der Waals surface area contributed by atoms with Crippen molar-refractivity contribution in [2.75, 3.05) is 51.9 Å². The summed E-state index contributed by atoms with van der Waals surface area (Å²) in [5.74, 6) is -0.492. The molecule has 1 amide bonds. The molecule has 1 aromatic rings. The Morgan fingerprint density at radius 2 is 2.08 bits per heavy atom. The normalized spacial score (nSPS) is 19.6. The number of piperidine rings is 1. The summed E-state index contributed by atoms with van der Waals surface area (Å²) in [6.45, 7) is 4.11. The zero-order valence-corrected chi connectivity index (χ0v) is 14.1. The maximum absolute atomic E-state index is 12.6. The highest BCUT2D eigenvalue weighted by atomic mass is 16.7. The average molecular weight is 335 g/mol. The Morgan fingerprint density at radius 3 is 2.71 bits per heavy atom. The van der Waals surface area contributed by atoms with Gasteiger partial charge < -0.3 is 24.4 Å². The van der Waals surface area contributed by atoms with Gasteiger partial charge >= 0.3 is 0 Å². The van der Waals surface area contributed by atoms with Crippen molar-refractivity contribution >= 4 is 11.6 Å². The highest BCUT2D eigenvalue weighted by Crippen LogP contribution is 2.31. The van der Waals surface area contributed by atoms with Crippen molar-refractivity contribution in [3.8, 4) is 0 Å². The Morgan fingerprint density at radius 1 is 1.33 bits per heavy atom. The SMILES string of the molecule is COCCCNc1ccc(C(=O)N2CCC3(CC2)OCCO3)nc1. The summed E-state index contributed by atoms with van der Waals surface area (Å²) >= 11 is 0. The number of nitrogens with zero attached hydrogens (tertiary/aromatic N) is 2. The summed E-state index contributed by atoms with van der Waals surface area (Å²) in [4.78, 5) is 18.7. The van der Waals surface area contributed by atoms with Crippen LogP contribution in [-0.4, -0.2) is 68.1 Å². The molecular weight excluding hydrogens is 310 g/mol. The van der Waals surface area contributed by atoms with Gasteiger partial charge in [-0.15, -0.1) is 0 Å². The Hall–Kier alpha value is -1.70. The van der Waals surface area contributed by atoms with Crippen LogP contribution in [0.15, 0.2) is 18.3 Å². The Labute approximate surface area is 142 Å². The maximum Gasteiger partial charge on any atom is 0.272 e. The number of anilines is 1. The number of aromatic nitrogens is 1. The van der Waals surface area contributed by atoms with E-state index in [2.05, 4.69) is 10.3 Å². The quantitative estimate of drug-likeness (QED) is 0.795. The molecule has 3 heterocycles. The summed E-state index contributed by atoms with van der Waals surface area (Å²) in [5.41, 5.74) is 1.38. The molecule has 0 aromatic carbocycles. The molecule has 0 bridgehead atoms. The second-order valence-corrected chi connectivity index (χ2v) is 6.11. The van der Waals surface area contributed by atoms with Gasteiger partial charge in [-0.25, -0.2) is 4.98 Å². The first-order chi connectivity index (χ1) is 11.7. The summed E-state index contributed by atoms with van der Waals surface area (Å²) in [7, 11) is 1.69. The molecule has 0 unspecified atom stereocenters. The van der Waals surface area contributed by atoms with Crippen LogP contribution >= 0.6 is 0 Å². The van der Waals surface area contributed by atoms with Crippen LogP contribution in [0.5, 0.6) is 0 Å². The zero-order valence-electron chi connectivity index (χ0n) is 14.1. The average Bonchev–Trinajstić information content (AvgIpc) is 3.07. The molecule has 2 aliphatic rings. The lowest BCUT2D eigenvalue weighted by molar-refractivity contribution is -0.181. The van der Waals surface area contributed by atoms with Gasteiger partial charge in [-0.05, 0) is 18.6 Å². The van der Waals surface area contributed by atoms with E-state index in [1.807, 2.05) is 11.0 Å². The van der Waals surface area contributed by atoms with E-state index in [9.17, 15) is 4.79 Å². The number of carbonyl (C=O) groups excluding carboxylic acids is 1. The molecule has 7 heteroatoms. The number of hydrogen-bond donors (Lipinski definition) is 1. The van der Waals surface area contributed by atoms with Gasteiger partial charge in [-0.2, -0.15) is 0 Å². The van der Waals surface area contributed by atoms with Crippen LogP contribution in [0.3, 0.4) is 0 Å². The van der Waals surface area contributed by atoms with E-state index in [-0.39, 0.29) is 5.91 Å². The van der Waals surface area contributed by atoms with Crippen molar-refractivity contribution in [2.24, 2.45) is 0 Å². The monoisotopic (exact) mass is 335 g/mol. The third-order valence-electron chi connectivity index (χ3n) is 4.46. The van der Waals surface area contributed by atoms with E-state index in [4.69, 9.17) is 14.2 Å². The number of methoxy groups -OCH3 is 1. The number of carbonyl (C=O) groups is 1. The van der Waals surface area contributed by atoms with Gasteiger partial charge in [0, 0.05) is 46.2 Å². The van der Waals surface area contributed by atoms with E-state index in [0.29, 0.717) is 32.0 Å². The van der Waals surface area contributed by atoms with Crippen molar-refractivity contribution in [3.05, 3.63) is 24.0 Å². The van der Waals surface area contributed by atoms with Gasteiger partial charge in [-0.3, -0.25) is 4.79 Å². The number of pyridine rings is 1. The van der Waals surface area contributed by atoms with Crippen molar-refractivity contribution < 1.29 is 19.0 Å². The van der Waals surface area contributed by atoms with E-state index in [1.165, 1.54) is 0 Å². The summed E-state index contributed by atoms with van der Waals surface area (Å²) in [5, 5.41) is 3.26. The fraction of sp³-hybridized carbons (Fsp3) is 0.647. The van der Waals surface area contributed by atoms with Gasteiger partial charge in [0.2, 0.25) is 0 Å². The van der Waals surface area contributed by atoms with Gasteiger partial charge in [0.05, 0.1) is 25.1 Å². The molecule has 2 aliphatic heterocycles. The Balaban J connectivity index is 1.50. The molecule has 24 heavy (non-hydrogen) atoms. The molecule has 2 saturated heterocycles. The topological polar surface area (TPSA) is 72.9 Å². The number of hydrogen-bond acceptors (Lipinski definition) is 6. The summed E-state index contributed by atoms with van der Waals surface area (Å²) in [6.07, 6.45) is 4.07. The molecule has 0 radical (unpaired) electrons. The molecule has 132 valence electrons. The standard InChI is InChI=1S/C17H25N3O4/c1-22-10-2-7-18-14-3-4-15(19-13-14)16(21)20-8-5-17(6-9-20)23-11-12-24-17/h3-4,13,18H,2,5-12H2,1H3. The number of rotatable bonds is 6. The van der Waals surface area contributed by atoms with Crippen LogP contribution in [0.4, 0.5) is 5.69 Å². The molecule has 7 nitrogen and oxygen atoms in total. The molecule has 0 aliphatic carbocycles. The second-order valence-electron chi connectivity index (χ2n) is 6.11. The van der Waals surface area contributed by atoms with Crippen LogP contribution in [0.2, 0.25) is 0 Å². The largest absolute Gasteiger partial charge is 0.385 e. The lowest BCUT2D eigenvalue weighted by Crippen LogP contribution is -2.47. The minimum Gasteiger partial charge on any atom is -0.385 e. The molecule has 0 atom stereocenters. The van der Waals surface area contributed by atoms with Crippen molar-refractivity contribution in [2.45, 2.75) is 25.0 Å². The molecular formula is C17H25N3O4. The van der Waals surface area contributed by atoms with Crippen molar-refractivity contribution in [1.82, 2.24) is 9.88 Å². The molecule has 1 spiro atoms. The molecule has 2 fully saturated rings. The minimum atomic E-state index is -0.458. The number of nitrogens with one attached hydrogen (secondary N) is 1. The zero-order chi connectivity index (χ0) is 16.8. The maximum atomic E-state index is 12.6. The van der Waals surface area contributed by atoms with Crippen molar-refractivity contribution in [3.63, 3.8) is 0 Å². The summed E-state index contributed by atoms with van der Waals surface area (Å²) < 4.78 is 16.4. The van der Waals surface area contributed by atoms with Crippen LogP contribution < -0.4 is 5.32 Å². The molecule has 0 saturated carbocycles. The van der Waals surface area contributed by atoms with Crippen LogP contribution in [-0.2, 0) is 14.2 Å². The highest BCUT2D eigenvalue weighted by molar-refractivity contribution is 5.92. The van der Waals surface area contributed by atoms with Gasteiger partial charge in [0.15, 0.2) is 5.79 Å². The van der Waals surface area contributed by atoms with Gasteiger partial charge in [-0.1, -0.05) is 0 Å². The third kappa shape index (κ3) is 4.03. The lowest BCUT2D eigenvalue weighted by atomic mass is 10.0. The van der Waals surface area contributed by atoms with Crippen molar-refractivity contribution in [1.29, 1.82) is 0 Å². The molecule has 1 N–H and O–H groups in total. The van der Waals surface area contributed by atoms with E-state index >= 15 is 0 Å². The van der Waals surface area contributed by atoms with E-state index in [1.54, 1.807) is 19.4 Å². The Kier molecular flexibility index (Phi) is 5.65. The Bertz CT molecular complexity index is 533. The fourth-order valence-corrected chi connectivity index (χ4v) is 3.07. The van der Waals surface area contributed by atoms with Crippen LogP contribution in [0, 0.1) is 0 Å². The second kappa shape index (κ2) is 7.92. The van der Waals surface area contributed by atoms with Gasteiger partial charge in [0.25, 0.3) is 5.91 Å². The first kappa shape index (κ1) is 17.1. The third-order valence-corrected chi connectivity index (χ3v) is 4.46. The predicted molar refractivity (Wildman–Crippen MR) is 89.0 cm³/mol. The number of ether oxygens (including phenoxy) is 3. The van der Waals surface area contributed by atoms with E-state index in [0.717, 1.165) is 38.1 Å². The lowest BCUT2D eigenvalue weighted by Gasteiger charge is -2.37. The van der Waals surface area contributed by atoms with E-state index < -0.39 is 5.79 Å².